The third kappa shape index (κ3) is 5.54. The van der Waals surface area contributed by atoms with Crippen LogP contribution < -0.4 is 4.74 Å². The molecule has 0 spiro atoms. The van der Waals surface area contributed by atoms with Gasteiger partial charge in [0.25, 0.3) is 5.91 Å². The van der Waals surface area contributed by atoms with Crippen molar-refractivity contribution in [1.29, 1.82) is 0 Å². The van der Waals surface area contributed by atoms with Crippen molar-refractivity contribution in [2.24, 2.45) is 0 Å². The Hall–Kier alpha value is -2.52. The summed E-state index contributed by atoms with van der Waals surface area (Å²) in [6, 6.07) is 10.5. The number of alkyl halides is 2. The van der Waals surface area contributed by atoms with E-state index in [1.54, 1.807) is 46.0 Å². The van der Waals surface area contributed by atoms with Crippen molar-refractivity contribution in [2.45, 2.75) is 38.8 Å². The molecular weight excluding hydrogens is 414 g/mol. The summed E-state index contributed by atoms with van der Waals surface area (Å²) in [5.41, 5.74) is 1.67. The zero-order chi connectivity index (χ0) is 22.5. The number of carbonyl (C=O) groups is 1. The van der Waals surface area contributed by atoms with Crippen LogP contribution in [-0.4, -0.2) is 50.3 Å². The number of halogens is 2. The van der Waals surface area contributed by atoms with Crippen LogP contribution in [0.1, 0.15) is 35.3 Å². The predicted molar refractivity (Wildman–Crippen MR) is 110 cm³/mol. The van der Waals surface area contributed by atoms with Crippen LogP contribution >= 0.6 is 0 Å². The summed E-state index contributed by atoms with van der Waals surface area (Å²) >= 11 is 0. The number of carbonyl (C=O) groups excluding carboxylic acids is 1. The minimum Gasteiger partial charge on any atom is -0.435 e. The van der Waals surface area contributed by atoms with E-state index in [4.69, 9.17) is 0 Å². The van der Waals surface area contributed by atoms with E-state index in [0.717, 1.165) is 5.56 Å². The second-order valence-electron chi connectivity index (χ2n) is 6.75. The molecule has 0 aliphatic carbocycles. The van der Waals surface area contributed by atoms with E-state index in [1.807, 2.05) is 0 Å². The van der Waals surface area contributed by atoms with Crippen molar-refractivity contribution in [3.05, 3.63) is 59.2 Å². The summed E-state index contributed by atoms with van der Waals surface area (Å²) in [5, 5.41) is 0. The van der Waals surface area contributed by atoms with Crippen LogP contribution in [0.15, 0.2) is 47.4 Å². The van der Waals surface area contributed by atoms with Gasteiger partial charge < -0.3 is 9.64 Å². The molecule has 2 rings (SSSR count). The molecule has 2 aromatic carbocycles. The van der Waals surface area contributed by atoms with Crippen LogP contribution in [0.25, 0.3) is 0 Å². The van der Waals surface area contributed by atoms with Crippen molar-refractivity contribution in [3.8, 4) is 5.75 Å². The Kier molecular flexibility index (Phi) is 7.91. The van der Waals surface area contributed by atoms with Crippen LogP contribution in [0.2, 0.25) is 0 Å². The van der Waals surface area contributed by atoms with Crippen LogP contribution in [0, 0.1) is 6.92 Å². The Morgan fingerprint density at radius 2 is 1.67 bits per heavy atom. The zero-order valence-corrected chi connectivity index (χ0v) is 18.2. The first-order chi connectivity index (χ1) is 14.1. The van der Waals surface area contributed by atoms with E-state index in [9.17, 15) is 22.0 Å². The van der Waals surface area contributed by atoms with Crippen LogP contribution in [-0.2, 0) is 16.6 Å². The minimum atomic E-state index is -3.69. The lowest BCUT2D eigenvalue weighted by atomic mass is 10.1. The Morgan fingerprint density at radius 1 is 1.07 bits per heavy atom. The smallest absolute Gasteiger partial charge is 0.387 e. The van der Waals surface area contributed by atoms with Crippen molar-refractivity contribution < 1.29 is 26.7 Å². The first kappa shape index (κ1) is 23.8. The first-order valence-corrected chi connectivity index (χ1v) is 10.9. The van der Waals surface area contributed by atoms with Gasteiger partial charge in [0.05, 0.1) is 4.90 Å². The van der Waals surface area contributed by atoms with Gasteiger partial charge in [-0.1, -0.05) is 32.0 Å². The first-order valence-electron chi connectivity index (χ1n) is 9.50. The van der Waals surface area contributed by atoms with E-state index in [2.05, 4.69) is 4.74 Å². The third-order valence-electron chi connectivity index (χ3n) is 4.70. The predicted octanol–water partition coefficient (Wildman–Crippen LogP) is 3.90. The molecule has 6 nitrogen and oxygen atoms in total. The van der Waals surface area contributed by atoms with Gasteiger partial charge in [0, 0.05) is 32.2 Å². The van der Waals surface area contributed by atoms with Gasteiger partial charge in [-0.15, -0.1) is 0 Å². The minimum absolute atomic E-state index is 0.0351. The second-order valence-corrected chi connectivity index (χ2v) is 8.69. The van der Waals surface area contributed by atoms with Gasteiger partial charge in [-0.3, -0.25) is 4.79 Å². The quantitative estimate of drug-likeness (QED) is 0.593. The summed E-state index contributed by atoms with van der Waals surface area (Å²) in [5.74, 6) is -0.301. The van der Waals surface area contributed by atoms with Crippen molar-refractivity contribution in [1.82, 2.24) is 9.21 Å². The van der Waals surface area contributed by atoms with Crippen molar-refractivity contribution >= 4 is 15.9 Å². The average molecular weight is 441 g/mol. The van der Waals surface area contributed by atoms with Gasteiger partial charge in [0.2, 0.25) is 10.0 Å². The molecule has 0 saturated heterocycles. The lowest BCUT2D eigenvalue weighted by Gasteiger charge is -2.21. The Morgan fingerprint density at radius 3 is 2.20 bits per heavy atom. The van der Waals surface area contributed by atoms with E-state index in [-0.39, 0.29) is 23.1 Å². The molecule has 0 N–H and O–H groups in total. The molecule has 164 valence electrons. The Bertz CT molecular complexity index is 975. The highest BCUT2D eigenvalue weighted by molar-refractivity contribution is 7.89. The van der Waals surface area contributed by atoms with Crippen molar-refractivity contribution in [3.63, 3.8) is 0 Å². The van der Waals surface area contributed by atoms with Gasteiger partial charge in [-0.05, 0) is 42.3 Å². The molecule has 0 atom stereocenters. The SMILES string of the molecule is CCN(CC)S(=O)(=O)c1ccc(C)c(C(=O)N(C)Cc2ccc(OC(F)F)cc2)c1. The number of hydrogen-bond donors (Lipinski definition) is 0. The van der Waals surface area contributed by atoms with E-state index < -0.39 is 16.6 Å². The summed E-state index contributed by atoms with van der Waals surface area (Å²) in [4.78, 5) is 14.5. The number of sulfonamides is 1. The highest BCUT2D eigenvalue weighted by Crippen LogP contribution is 2.22. The number of rotatable bonds is 9. The molecule has 0 radical (unpaired) electrons. The standard InChI is InChI=1S/C21H26F2N2O4S/c1-5-25(6-2)30(27,28)18-12-7-15(3)19(13-18)20(26)24(4)14-16-8-10-17(11-9-16)29-21(22)23/h7-13,21H,5-6,14H2,1-4H3. The number of nitrogens with zero attached hydrogens (tertiary/aromatic N) is 2. The molecule has 0 fully saturated rings. The molecule has 0 heterocycles. The fourth-order valence-electron chi connectivity index (χ4n) is 3.03. The summed E-state index contributed by atoms with van der Waals surface area (Å²) in [7, 11) is -2.09. The number of ether oxygens (including phenoxy) is 1. The Labute approximate surface area is 176 Å². The monoisotopic (exact) mass is 440 g/mol. The van der Waals surface area contributed by atoms with Crippen molar-refractivity contribution in [2.75, 3.05) is 20.1 Å². The van der Waals surface area contributed by atoms with Crippen LogP contribution in [0.3, 0.4) is 0 Å². The summed E-state index contributed by atoms with van der Waals surface area (Å²) in [6.07, 6.45) is 0. The van der Waals surface area contributed by atoms with Gasteiger partial charge in [-0.2, -0.15) is 13.1 Å². The summed E-state index contributed by atoms with van der Waals surface area (Å²) in [6.45, 7) is 3.25. The molecule has 0 unspecified atom stereocenters. The number of aryl methyl sites for hydroxylation is 1. The molecule has 0 aliphatic heterocycles. The number of benzene rings is 2. The van der Waals surface area contributed by atoms with Gasteiger partial charge in [0.1, 0.15) is 5.75 Å². The third-order valence-corrected chi connectivity index (χ3v) is 6.74. The van der Waals surface area contributed by atoms with E-state index in [1.165, 1.54) is 33.5 Å². The average Bonchev–Trinajstić information content (AvgIpc) is 2.69. The fourth-order valence-corrected chi connectivity index (χ4v) is 4.52. The highest BCUT2D eigenvalue weighted by Gasteiger charge is 2.24. The lowest BCUT2D eigenvalue weighted by Crippen LogP contribution is -2.31. The van der Waals surface area contributed by atoms with Gasteiger partial charge in [-0.25, -0.2) is 8.42 Å². The molecule has 0 bridgehead atoms. The maximum atomic E-state index is 13.0. The van der Waals surface area contributed by atoms with Crippen LogP contribution in [0.5, 0.6) is 5.75 Å². The van der Waals surface area contributed by atoms with Gasteiger partial charge in [0.15, 0.2) is 0 Å². The molecule has 2 aromatic rings. The van der Waals surface area contributed by atoms with Crippen LogP contribution in [0.4, 0.5) is 8.78 Å². The summed E-state index contributed by atoms with van der Waals surface area (Å²) < 4.78 is 55.7. The molecule has 30 heavy (non-hydrogen) atoms. The maximum absolute atomic E-state index is 13.0. The number of amides is 1. The highest BCUT2D eigenvalue weighted by atomic mass is 32.2. The molecular formula is C21H26F2N2O4S. The zero-order valence-electron chi connectivity index (χ0n) is 17.4. The lowest BCUT2D eigenvalue weighted by molar-refractivity contribution is -0.0498. The molecule has 0 aliphatic rings. The number of hydrogen-bond acceptors (Lipinski definition) is 4. The molecule has 0 saturated carbocycles. The largest absolute Gasteiger partial charge is 0.435 e. The van der Waals surface area contributed by atoms with Gasteiger partial charge >= 0.3 is 6.61 Å². The molecule has 0 aromatic heterocycles. The maximum Gasteiger partial charge on any atom is 0.387 e. The molecule has 1 amide bonds. The fraction of sp³-hybridized carbons (Fsp3) is 0.381. The second kappa shape index (κ2) is 9.99. The Balaban J connectivity index is 2.23. The topological polar surface area (TPSA) is 66.9 Å². The molecule has 9 heteroatoms. The normalized spacial score (nSPS) is 11.7. The van der Waals surface area contributed by atoms with E-state index in [0.29, 0.717) is 24.2 Å². The van der Waals surface area contributed by atoms with E-state index >= 15 is 0 Å².